The number of piperazine rings is 1. The maximum absolute atomic E-state index is 12.2. The molecule has 1 saturated heterocycles. The van der Waals surface area contributed by atoms with E-state index < -0.39 is 12.7 Å². The fourth-order valence-electron chi connectivity index (χ4n) is 1.86. The highest BCUT2D eigenvalue weighted by Gasteiger charge is 2.32. The van der Waals surface area contributed by atoms with Crippen molar-refractivity contribution in [2.45, 2.75) is 11.1 Å². The molecule has 0 aliphatic carbocycles. The van der Waals surface area contributed by atoms with Gasteiger partial charge in [-0.25, -0.2) is 4.31 Å². The van der Waals surface area contributed by atoms with Crippen LogP contribution in [0.25, 0.3) is 0 Å². The average molecular weight is 276 g/mol. The lowest BCUT2D eigenvalue weighted by Crippen LogP contribution is -2.46. The molecule has 1 aromatic rings. The summed E-state index contributed by atoms with van der Waals surface area (Å²) in [7, 11) is 0. The van der Waals surface area contributed by atoms with Gasteiger partial charge < -0.3 is 0 Å². The van der Waals surface area contributed by atoms with Crippen LogP contribution in [0.15, 0.2) is 35.2 Å². The van der Waals surface area contributed by atoms with E-state index >= 15 is 0 Å². The van der Waals surface area contributed by atoms with E-state index in [1.165, 1.54) is 4.90 Å². The third kappa shape index (κ3) is 4.51. The van der Waals surface area contributed by atoms with Gasteiger partial charge in [0.25, 0.3) is 0 Å². The van der Waals surface area contributed by atoms with E-state index in [9.17, 15) is 13.2 Å². The van der Waals surface area contributed by atoms with Crippen LogP contribution in [0.4, 0.5) is 13.2 Å². The van der Waals surface area contributed by atoms with Crippen LogP contribution in [-0.4, -0.2) is 48.1 Å². The molecule has 0 N–H and O–H groups in total. The van der Waals surface area contributed by atoms with Crippen molar-refractivity contribution in [3.05, 3.63) is 30.3 Å². The van der Waals surface area contributed by atoms with Crippen LogP contribution >= 0.6 is 11.9 Å². The monoisotopic (exact) mass is 276 g/mol. The molecule has 0 amide bonds. The van der Waals surface area contributed by atoms with E-state index in [0.717, 1.165) is 4.90 Å². The molecular formula is C12H15F3N2S. The molecule has 1 fully saturated rings. The van der Waals surface area contributed by atoms with Gasteiger partial charge in [0.2, 0.25) is 0 Å². The zero-order chi connectivity index (χ0) is 13.0. The van der Waals surface area contributed by atoms with E-state index in [0.29, 0.717) is 26.2 Å². The van der Waals surface area contributed by atoms with Gasteiger partial charge in [0.1, 0.15) is 0 Å². The van der Waals surface area contributed by atoms with Crippen molar-refractivity contribution < 1.29 is 13.2 Å². The third-order valence-electron chi connectivity index (χ3n) is 2.71. The van der Waals surface area contributed by atoms with Gasteiger partial charge in [-0.1, -0.05) is 18.2 Å². The Kier molecular flexibility index (Phi) is 4.53. The van der Waals surface area contributed by atoms with E-state index in [2.05, 4.69) is 4.31 Å². The molecule has 0 atom stereocenters. The van der Waals surface area contributed by atoms with Crippen molar-refractivity contribution in [3.8, 4) is 0 Å². The number of hydrogen-bond acceptors (Lipinski definition) is 3. The van der Waals surface area contributed by atoms with Crippen LogP contribution in [-0.2, 0) is 0 Å². The molecule has 2 nitrogen and oxygen atoms in total. The molecule has 0 saturated carbocycles. The average Bonchev–Trinajstić information content (AvgIpc) is 2.31. The Morgan fingerprint density at radius 3 is 2.17 bits per heavy atom. The predicted octanol–water partition coefficient (Wildman–Crippen LogP) is 2.87. The minimum absolute atomic E-state index is 0.472. The fraction of sp³-hybridized carbons (Fsp3) is 0.500. The van der Waals surface area contributed by atoms with Gasteiger partial charge in [0.15, 0.2) is 0 Å². The SMILES string of the molecule is FC(F)(F)CN1CCN(Sc2ccccc2)CC1. The maximum atomic E-state index is 12.2. The number of hydrogen-bond donors (Lipinski definition) is 0. The molecule has 6 heteroatoms. The van der Waals surface area contributed by atoms with Gasteiger partial charge in [0.05, 0.1) is 6.54 Å². The van der Waals surface area contributed by atoms with Gasteiger partial charge in [-0.05, 0) is 24.1 Å². The van der Waals surface area contributed by atoms with Gasteiger partial charge in [0, 0.05) is 31.1 Å². The summed E-state index contributed by atoms with van der Waals surface area (Å²) in [6.45, 7) is 1.47. The van der Waals surface area contributed by atoms with E-state index in [-0.39, 0.29) is 0 Å². The standard InChI is InChI=1S/C12H15F3N2S/c13-12(14,15)10-16-6-8-17(9-7-16)18-11-4-2-1-3-5-11/h1-5H,6-10H2. The van der Waals surface area contributed by atoms with Crippen molar-refractivity contribution >= 4 is 11.9 Å². The van der Waals surface area contributed by atoms with Crippen molar-refractivity contribution in [2.24, 2.45) is 0 Å². The molecule has 0 bridgehead atoms. The summed E-state index contributed by atoms with van der Waals surface area (Å²) in [5.41, 5.74) is 0. The Morgan fingerprint density at radius 2 is 1.61 bits per heavy atom. The van der Waals surface area contributed by atoms with Crippen LogP contribution in [0.2, 0.25) is 0 Å². The molecule has 1 aromatic carbocycles. The summed E-state index contributed by atoms with van der Waals surface area (Å²) < 4.78 is 38.8. The fourth-order valence-corrected chi connectivity index (χ4v) is 2.79. The normalized spacial score (nSPS) is 19.1. The highest BCUT2D eigenvalue weighted by atomic mass is 32.2. The number of alkyl halides is 3. The van der Waals surface area contributed by atoms with Crippen LogP contribution < -0.4 is 0 Å². The highest BCUT2D eigenvalue weighted by Crippen LogP contribution is 2.24. The van der Waals surface area contributed by atoms with Crippen molar-refractivity contribution in [1.29, 1.82) is 0 Å². The first kappa shape index (κ1) is 13.7. The molecule has 0 aromatic heterocycles. The molecule has 1 aliphatic rings. The summed E-state index contributed by atoms with van der Waals surface area (Å²) in [4.78, 5) is 2.59. The van der Waals surface area contributed by atoms with Crippen LogP contribution in [0.3, 0.4) is 0 Å². The Bertz CT molecular complexity index is 361. The van der Waals surface area contributed by atoms with Gasteiger partial charge in [-0.3, -0.25) is 4.90 Å². The molecule has 0 radical (unpaired) electrons. The lowest BCUT2D eigenvalue weighted by molar-refractivity contribution is -0.147. The third-order valence-corrected chi connectivity index (χ3v) is 3.82. The molecule has 2 rings (SSSR count). The second kappa shape index (κ2) is 5.95. The predicted molar refractivity (Wildman–Crippen MR) is 66.4 cm³/mol. The Morgan fingerprint density at radius 1 is 1.00 bits per heavy atom. The molecule has 18 heavy (non-hydrogen) atoms. The quantitative estimate of drug-likeness (QED) is 0.784. The summed E-state index contributed by atoms with van der Waals surface area (Å²) in [6, 6.07) is 9.88. The highest BCUT2D eigenvalue weighted by molar-refractivity contribution is 7.97. The molecule has 100 valence electrons. The Balaban J connectivity index is 1.77. The Labute approximate surface area is 109 Å². The molecule has 0 unspecified atom stereocenters. The van der Waals surface area contributed by atoms with Crippen LogP contribution in [0.5, 0.6) is 0 Å². The van der Waals surface area contributed by atoms with Crippen LogP contribution in [0.1, 0.15) is 0 Å². The summed E-state index contributed by atoms with van der Waals surface area (Å²) in [5.74, 6) is 0. The molecule has 0 spiro atoms. The van der Waals surface area contributed by atoms with Crippen LogP contribution in [0, 0.1) is 0 Å². The number of halogens is 3. The summed E-state index contributed by atoms with van der Waals surface area (Å²) in [6.07, 6.45) is -4.09. The van der Waals surface area contributed by atoms with Crippen molar-refractivity contribution in [1.82, 2.24) is 9.21 Å². The number of nitrogens with zero attached hydrogens (tertiary/aromatic N) is 2. The second-order valence-electron chi connectivity index (χ2n) is 4.22. The summed E-state index contributed by atoms with van der Waals surface area (Å²) >= 11 is 1.61. The molecule has 1 heterocycles. The van der Waals surface area contributed by atoms with Crippen molar-refractivity contribution in [3.63, 3.8) is 0 Å². The van der Waals surface area contributed by atoms with Gasteiger partial charge in [-0.2, -0.15) is 13.2 Å². The second-order valence-corrected chi connectivity index (χ2v) is 5.40. The zero-order valence-corrected chi connectivity index (χ0v) is 10.7. The largest absolute Gasteiger partial charge is 0.401 e. The lowest BCUT2D eigenvalue weighted by Gasteiger charge is -2.34. The molecule has 1 aliphatic heterocycles. The first-order chi connectivity index (χ1) is 8.53. The minimum Gasteiger partial charge on any atom is -0.292 e. The first-order valence-electron chi connectivity index (χ1n) is 5.80. The smallest absolute Gasteiger partial charge is 0.292 e. The topological polar surface area (TPSA) is 6.48 Å². The summed E-state index contributed by atoms with van der Waals surface area (Å²) in [5, 5.41) is 0. The maximum Gasteiger partial charge on any atom is 0.401 e. The number of rotatable bonds is 3. The first-order valence-corrected chi connectivity index (χ1v) is 6.57. The zero-order valence-electron chi connectivity index (χ0n) is 9.86. The Hall–Kier alpha value is -0.720. The van der Waals surface area contributed by atoms with E-state index in [1.807, 2.05) is 30.3 Å². The number of benzene rings is 1. The van der Waals surface area contributed by atoms with E-state index in [4.69, 9.17) is 0 Å². The lowest BCUT2D eigenvalue weighted by atomic mass is 10.3. The molecular weight excluding hydrogens is 261 g/mol. The van der Waals surface area contributed by atoms with Gasteiger partial charge >= 0.3 is 6.18 Å². The van der Waals surface area contributed by atoms with Crippen molar-refractivity contribution in [2.75, 3.05) is 32.7 Å². The van der Waals surface area contributed by atoms with Gasteiger partial charge in [-0.15, -0.1) is 0 Å². The minimum atomic E-state index is -4.09. The van der Waals surface area contributed by atoms with E-state index in [1.54, 1.807) is 11.9 Å².